The Morgan fingerprint density at radius 1 is 1.15 bits per heavy atom. The minimum Gasteiger partial charge on any atom is -0.211 e. The lowest BCUT2D eigenvalue weighted by Gasteiger charge is -2.18. The van der Waals surface area contributed by atoms with E-state index in [4.69, 9.17) is 23.2 Å². The summed E-state index contributed by atoms with van der Waals surface area (Å²) < 4.78 is 27.1. The van der Waals surface area contributed by atoms with Gasteiger partial charge in [-0.15, -0.1) is 0 Å². The van der Waals surface area contributed by atoms with Gasteiger partial charge < -0.3 is 0 Å². The molecule has 0 spiro atoms. The molecule has 1 fully saturated rings. The van der Waals surface area contributed by atoms with E-state index in [0.717, 1.165) is 6.42 Å². The Morgan fingerprint density at radius 3 is 2.55 bits per heavy atom. The second kappa shape index (κ2) is 5.34. The van der Waals surface area contributed by atoms with E-state index < -0.39 is 10.0 Å². The van der Waals surface area contributed by atoms with E-state index in [1.165, 1.54) is 24.6 Å². The molecular formula is C14H15Cl2NO2S. The molecule has 0 unspecified atom stereocenters. The van der Waals surface area contributed by atoms with Crippen molar-refractivity contribution in [1.29, 1.82) is 0 Å². The molecule has 1 saturated carbocycles. The zero-order valence-electron chi connectivity index (χ0n) is 10.7. The summed E-state index contributed by atoms with van der Waals surface area (Å²) in [5.41, 5.74) is 0. The van der Waals surface area contributed by atoms with Crippen LogP contribution in [0.5, 0.6) is 0 Å². The Morgan fingerprint density at radius 2 is 1.95 bits per heavy atom. The lowest BCUT2D eigenvalue weighted by molar-refractivity contribution is 0.440. The Hall–Kier alpha value is -0.550. The summed E-state index contributed by atoms with van der Waals surface area (Å²) in [6, 6.07) is 4.35. The minimum atomic E-state index is -3.52. The fourth-order valence-electron chi connectivity index (χ4n) is 3.07. The monoisotopic (exact) mass is 331 g/mol. The minimum absolute atomic E-state index is 0.158. The van der Waals surface area contributed by atoms with Gasteiger partial charge in [0.25, 0.3) is 0 Å². The first-order valence-electron chi connectivity index (χ1n) is 6.59. The van der Waals surface area contributed by atoms with Crippen molar-refractivity contribution in [2.75, 3.05) is 6.54 Å². The molecule has 1 aromatic carbocycles. The van der Waals surface area contributed by atoms with Gasteiger partial charge in [-0.3, -0.25) is 0 Å². The molecule has 20 heavy (non-hydrogen) atoms. The number of halogens is 2. The third kappa shape index (κ3) is 2.75. The first kappa shape index (κ1) is 14.4. The van der Waals surface area contributed by atoms with Gasteiger partial charge in [-0.1, -0.05) is 35.4 Å². The predicted octanol–water partition coefficient (Wildman–Crippen LogP) is 3.48. The molecular weight excluding hydrogens is 317 g/mol. The third-order valence-electron chi connectivity index (χ3n) is 4.15. The van der Waals surface area contributed by atoms with Crippen LogP contribution >= 0.6 is 23.2 Å². The van der Waals surface area contributed by atoms with Gasteiger partial charge in [0.2, 0.25) is 10.0 Å². The maximum Gasteiger partial charge on any atom is 0.240 e. The van der Waals surface area contributed by atoms with Crippen LogP contribution in [0.3, 0.4) is 0 Å². The van der Waals surface area contributed by atoms with E-state index in [2.05, 4.69) is 16.9 Å². The largest absolute Gasteiger partial charge is 0.240 e. The van der Waals surface area contributed by atoms with Gasteiger partial charge in [0.15, 0.2) is 0 Å². The maximum absolute atomic E-state index is 12.2. The highest BCUT2D eigenvalue weighted by Gasteiger charge is 2.35. The molecule has 0 aromatic heterocycles. The molecule has 6 heteroatoms. The fourth-order valence-corrected chi connectivity index (χ4v) is 4.56. The molecule has 2 aliphatic rings. The number of benzene rings is 1. The van der Waals surface area contributed by atoms with Gasteiger partial charge in [0.05, 0.1) is 14.9 Å². The number of nitrogens with one attached hydrogen (secondary N) is 1. The zero-order chi connectivity index (χ0) is 14.3. The summed E-state index contributed by atoms with van der Waals surface area (Å²) >= 11 is 11.7. The normalized spacial score (nSPS) is 28.2. The summed E-state index contributed by atoms with van der Waals surface area (Å²) in [5.74, 6) is 1.57. The first-order valence-corrected chi connectivity index (χ1v) is 8.82. The summed E-state index contributed by atoms with van der Waals surface area (Å²) in [5, 5.41) is 0.598. The lowest BCUT2D eigenvalue weighted by Crippen LogP contribution is -2.31. The van der Waals surface area contributed by atoms with Crippen molar-refractivity contribution < 1.29 is 8.42 Å². The predicted molar refractivity (Wildman–Crippen MR) is 80.5 cm³/mol. The van der Waals surface area contributed by atoms with E-state index >= 15 is 0 Å². The van der Waals surface area contributed by atoms with Gasteiger partial charge in [0.1, 0.15) is 0 Å². The molecule has 3 nitrogen and oxygen atoms in total. The van der Waals surface area contributed by atoms with Gasteiger partial charge >= 0.3 is 0 Å². The number of fused-ring (bicyclic) bond motifs is 2. The van der Waals surface area contributed by atoms with Gasteiger partial charge in [-0.05, 0) is 48.8 Å². The lowest BCUT2D eigenvalue weighted by atomic mass is 9.94. The smallest absolute Gasteiger partial charge is 0.211 e. The Kier molecular flexibility index (Phi) is 3.84. The number of sulfonamides is 1. The molecule has 2 bridgehead atoms. The molecule has 0 aliphatic heterocycles. The average molecular weight is 332 g/mol. The molecule has 0 amide bonds. The van der Waals surface area contributed by atoms with Crippen molar-refractivity contribution in [2.45, 2.75) is 17.7 Å². The van der Waals surface area contributed by atoms with Gasteiger partial charge in [0, 0.05) is 6.54 Å². The summed E-state index contributed by atoms with van der Waals surface area (Å²) in [6.07, 6.45) is 6.70. The van der Waals surface area contributed by atoms with E-state index in [9.17, 15) is 8.42 Å². The van der Waals surface area contributed by atoms with E-state index in [1.807, 2.05) is 0 Å². The quantitative estimate of drug-likeness (QED) is 0.858. The van der Waals surface area contributed by atoms with Gasteiger partial charge in [-0.25, -0.2) is 13.1 Å². The first-order chi connectivity index (χ1) is 9.45. The molecule has 0 radical (unpaired) electrons. The maximum atomic E-state index is 12.2. The van der Waals surface area contributed by atoms with E-state index in [0.29, 0.717) is 29.3 Å². The molecule has 1 aromatic rings. The van der Waals surface area contributed by atoms with E-state index in [-0.39, 0.29) is 9.92 Å². The second-order valence-corrected chi connectivity index (χ2v) is 8.05. The fraction of sp³-hybridized carbons (Fsp3) is 0.429. The summed E-state index contributed by atoms with van der Waals surface area (Å²) in [6.45, 7) is 0.480. The molecule has 3 rings (SSSR count). The van der Waals surface area contributed by atoms with Crippen molar-refractivity contribution in [3.63, 3.8) is 0 Å². The van der Waals surface area contributed by atoms with Crippen molar-refractivity contribution in [1.82, 2.24) is 4.72 Å². The van der Waals surface area contributed by atoms with Crippen molar-refractivity contribution in [3.05, 3.63) is 40.4 Å². The SMILES string of the molecule is O=S(=O)(NC[C@H]1C[C@H]2C=C[C@@H]1C2)c1ccc(Cl)c(Cl)c1. The van der Waals surface area contributed by atoms with Crippen LogP contribution < -0.4 is 4.72 Å². The van der Waals surface area contributed by atoms with Crippen LogP contribution in [-0.4, -0.2) is 15.0 Å². The second-order valence-electron chi connectivity index (χ2n) is 5.47. The van der Waals surface area contributed by atoms with E-state index in [1.54, 1.807) is 0 Å². The van der Waals surface area contributed by atoms with Crippen molar-refractivity contribution >= 4 is 33.2 Å². The van der Waals surface area contributed by atoms with Crippen molar-refractivity contribution in [2.24, 2.45) is 17.8 Å². The summed E-state index contributed by atoms with van der Waals surface area (Å²) in [4.78, 5) is 0.158. The van der Waals surface area contributed by atoms with Crippen molar-refractivity contribution in [3.8, 4) is 0 Å². The molecule has 0 heterocycles. The van der Waals surface area contributed by atoms with Crippen LogP contribution in [0.25, 0.3) is 0 Å². The average Bonchev–Trinajstić information content (AvgIpc) is 3.02. The highest BCUT2D eigenvalue weighted by Crippen LogP contribution is 2.43. The van der Waals surface area contributed by atoms with Gasteiger partial charge in [-0.2, -0.15) is 0 Å². The topological polar surface area (TPSA) is 46.2 Å². The highest BCUT2D eigenvalue weighted by atomic mass is 35.5. The van der Waals surface area contributed by atoms with Crippen LogP contribution in [0.1, 0.15) is 12.8 Å². The molecule has 0 saturated heterocycles. The number of hydrogen-bond donors (Lipinski definition) is 1. The molecule has 1 N–H and O–H groups in total. The molecule has 2 aliphatic carbocycles. The number of rotatable bonds is 4. The van der Waals surface area contributed by atoms with Crippen LogP contribution in [0.15, 0.2) is 35.2 Å². The Labute approximate surface area is 129 Å². The number of hydrogen-bond acceptors (Lipinski definition) is 2. The zero-order valence-corrected chi connectivity index (χ0v) is 13.0. The highest BCUT2D eigenvalue weighted by molar-refractivity contribution is 7.89. The van der Waals surface area contributed by atoms with Crippen LogP contribution in [0, 0.1) is 17.8 Å². The number of allylic oxidation sites excluding steroid dienone is 2. The van der Waals surface area contributed by atoms with Crippen LogP contribution in [0.2, 0.25) is 10.0 Å². The molecule has 3 atom stereocenters. The Bertz CT molecular complexity index is 657. The molecule has 108 valence electrons. The standard InChI is InChI=1S/C14H15Cl2NO2S/c15-13-4-3-12(7-14(13)16)20(18,19)17-8-11-6-9-1-2-10(11)5-9/h1-4,7,9-11,17H,5-6,8H2/t9-,10+,11+/m0/s1. The summed E-state index contributed by atoms with van der Waals surface area (Å²) in [7, 11) is -3.52. The van der Waals surface area contributed by atoms with Crippen LogP contribution in [-0.2, 0) is 10.0 Å². The van der Waals surface area contributed by atoms with Crippen LogP contribution in [0.4, 0.5) is 0 Å². The third-order valence-corrected chi connectivity index (χ3v) is 6.31. The Balaban J connectivity index is 1.69.